The fourth-order valence-corrected chi connectivity index (χ4v) is 3.03. The van der Waals surface area contributed by atoms with Crippen LogP contribution in [0.4, 0.5) is 11.6 Å². The van der Waals surface area contributed by atoms with Crippen LogP contribution in [-0.2, 0) is 4.79 Å². The highest BCUT2D eigenvalue weighted by Gasteiger charge is 2.29. The second kappa shape index (κ2) is 7.68. The van der Waals surface area contributed by atoms with E-state index in [1.165, 1.54) is 0 Å². The van der Waals surface area contributed by atoms with Crippen LogP contribution >= 0.6 is 0 Å². The minimum atomic E-state index is 0.0464. The van der Waals surface area contributed by atoms with Gasteiger partial charge in [-0.25, -0.2) is 9.97 Å². The van der Waals surface area contributed by atoms with Gasteiger partial charge in [0.25, 0.3) is 0 Å². The lowest BCUT2D eigenvalue weighted by atomic mass is 10.1. The number of anilines is 2. The second-order valence-electron chi connectivity index (χ2n) is 6.80. The van der Waals surface area contributed by atoms with Crippen molar-refractivity contribution < 1.29 is 9.53 Å². The Morgan fingerprint density at radius 3 is 2.57 bits per heavy atom. The van der Waals surface area contributed by atoms with Crippen molar-refractivity contribution in [3.05, 3.63) is 53.9 Å². The minimum absolute atomic E-state index is 0.0464. The summed E-state index contributed by atoms with van der Waals surface area (Å²) >= 11 is 0. The van der Waals surface area contributed by atoms with Crippen LogP contribution < -0.4 is 15.4 Å². The quantitative estimate of drug-likeness (QED) is 0.676. The summed E-state index contributed by atoms with van der Waals surface area (Å²) in [6.45, 7) is 0. The fraction of sp³-hybridized carbons (Fsp3) is 0.227. The highest BCUT2D eigenvalue weighted by Crippen LogP contribution is 2.31. The predicted molar refractivity (Wildman–Crippen MR) is 112 cm³/mol. The Hall–Kier alpha value is -3.41. The number of fused-ring (bicyclic) bond motifs is 1. The molecule has 2 aromatic heterocycles. The van der Waals surface area contributed by atoms with E-state index in [9.17, 15) is 4.79 Å². The molecule has 0 spiro atoms. The van der Waals surface area contributed by atoms with Crippen molar-refractivity contribution >= 4 is 40.5 Å². The molecular weight excluding hydrogens is 352 g/mol. The molecule has 0 bridgehead atoms. The molecule has 2 heterocycles. The van der Waals surface area contributed by atoms with Gasteiger partial charge in [0.05, 0.1) is 7.11 Å². The van der Waals surface area contributed by atoms with Gasteiger partial charge in [-0.1, -0.05) is 24.3 Å². The van der Waals surface area contributed by atoms with E-state index in [-0.39, 0.29) is 11.8 Å². The van der Waals surface area contributed by atoms with Crippen LogP contribution in [-0.4, -0.2) is 30.0 Å². The van der Waals surface area contributed by atoms with Crippen LogP contribution in [0.25, 0.3) is 22.9 Å². The summed E-state index contributed by atoms with van der Waals surface area (Å²) in [5.41, 5.74) is 2.01. The molecule has 0 radical (unpaired) electrons. The van der Waals surface area contributed by atoms with E-state index in [2.05, 4.69) is 20.6 Å². The average molecular weight is 374 g/mol. The molecule has 1 aliphatic rings. The topological polar surface area (TPSA) is 76.1 Å². The van der Waals surface area contributed by atoms with E-state index in [4.69, 9.17) is 4.74 Å². The lowest BCUT2D eigenvalue weighted by Crippen LogP contribution is -2.14. The second-order valence-corrected chi connectivity index (χ2v) is 6.80. The molecule has 6 nitrogen and oxygen atoms in total. The first-order valence-corrected chi connectivity index (χ1v) is 9.27. The Labute approximate surface area is 163 Å². The van der Waals surface area contributed by atoms with Crippen LogP contribution in [0, 0.1) is 5.92 Å². The van der Waals surface area contributed by atoms with E-state index in [1.807, 2.05) is 55.7 Å². The number of carbonyl (C=O) groups excluding carboxylic acids is 1. The number of methoxy groups -OCH3 is 1. The molecule has 28 heavy (non-hydrogen) atoms. The van der Waals surface area contributed by atoms with E-state index in [0.717, 1.165) is 46.3 Å². The molecule has 0 saturated heterocycles. The Morgan fingerprint density at radius 1 is 1.11 bits per heavy atom. The van der Waals surface area contributed by atoms with Gasteiger partial charge in [0, 0.05) is 36.3 Å². The summed E-state index contributed by atoms with van der Waals surface area (Å²) in [7, 11) is 3.48. The molecule has 1 amide bonds. The summed E-state index contributed by atoms with van der Waals surface area (Å²) in [5.74, 6) is 2.33. The van der Waals surface area contributed by atoms with Crippen molar-refractivity contribution in [2.45, 2.75) is 12.8 Å². The summed E-state index contributed by atoms with van der Waals surface area (Å²) < 4.78 is 5.20. The van der Waals surface area contributed by atoms with Gasteiger partial charge in [-0.3, -0.25) is 4.79 Å². The van der Waals surface area contributed by atoms with Crippen molar-refractivity contribution in [3.8, 4) is 5.75 Å². The van der Waals surface area contributed by atoms with E-state index in [1.54, 1.807) is 13.3 Å². The lowest BCUT2D eigenvalue weighted by Gasteiger charge is -2.10. The first-order valence-electron chi connectivity index (χ1n) is 9.27. The average Bonchev–Trinajstić information content (AvgIpc) is 3.58. The van der Waals surface area contributed by atoms with Crippen LogP contribution in [0.1, 0.15) is 24.0 Å². The fourth-order valence-electron chi connectivity index (χ4n) is 3.03. The number of nitrogens with one attached hydrogen (secondary N) is 2. The van der Waals surface area contributed by atoms with Gasteiger partial charge in [0.15, 0.2) is 0 Å². The van der Waals surface area contributed by atoms with Gasteiger partial charge < -0.3 is 15.4 Å². The summed E-state index contributed by atoms with van der Waals surface area (Å²) in [5, 5.41) is 7.90. The van der Waals surface area contributed by atoms with Crippen molar-refractivity contribution in [2.75, 3.05) is 24.8 Å². The zero-order valence-electron chi connectivity index (χ0n) is 15.9. The number of carbonyl (C=O) groups is 1. The molecule has 3 aromatic rings. The Balaban J connectivity index is 1.68. The van der Waals surface area contributed by atoms with Gasteiger partial charge in [-0.05, 0) is 42.0 Å². The highest BCUT2D eigenvalue weighted by molar-refractivity contribution is 6.01. The molecule has 1 saturated carbocycles. The molecule has 1 aromatic carbocycles. The van der Waals surface area contributed by atoms with Crippen molar-refractivity contribution in [2.24, 2.45) is 5.92 Å². The van der Waals surface area contributed by atoms with Gasteiger partial charge in [-0.15, -0.1) is 0 Å². The minimum Gasteiger partial charge on any atom is -0.497 e. The van der Waals surface area contributed by atoms with Crippen LogP contribution in [0.2, 0.25) is 0 Å². The number of hydrogen-bond acceptors (Lipinski definition) is 5. The van der Waals surface area contributed by atoms with Crippen molar-refractivity contribution in [1.29, 1.82) is 0 Å². The molecule has 4 rings (SSSR count). The number of nitrogens with zero attached hydrogens (tertiary/aromatic N) is 2. The third kappa shape index (κ3) is 3.81. The molecular formula is C22H22N4O2. The number of amides is 1. The Kier molecular flexibility index (Phi) is 4.93. The van der Waals surface area contributed by atoms with Gasteiger partial charge >= 0.3 is 0 Å². The number of aromatic nitrogens is 2. The highest BCUT2D eigenvalue weighted by atomic mass is 16.5. The number of benzene rings is 1. The largest absolute Gasteiger partial charge is 0.497 e. The van der Waals surface area contributed by atoms with E-state index >= 15 is 0 Å². The smallest absolute Gasteiger partial charge is 0.228 e. The molecule has 0 aliphatic heterocycles. The van der Waals surface area contributed by atoms with Crippen LogP contribution in [0.15, 0.2) is 42.7 Å². The van der Waals surface area contributed by atoms with Gasteiger partial charge in [0.2, 0.25) is 5.91 Å². The van der Waals surface area contributed by atoms with Gasteiger partial charge in [0.1, 0.15) is 17.4 Å². The first kappa shape index (κ1) is 18.0. The van der Waals surface area contributed by atoms with Crippen LogP contribution in [0.3, 0.4) is 0 Å². The molecule has 1 fully saturated rings. The lowest BCUT2D eigenvalue weighted by molar-refractivity contribution is -0.117. The molecule has 142 valence electrons. The molecule has 0 unspecified atom stereocenters. The van der Waals surface area contributed by atoms with Crippen molar-refractivity contribution in [1.82, 2.24) is 9.97 Å². The van der Waals surface area contributed by atoms with Crippen molar-refractivity contribution in [3.63, 3.8) is 0 Å². The third-order valence-corrected chi connectivity index (χ3v) is 4.81. The Bertz CT molecular complexity index is 1040. The van der Waals surface area contributed by atoms with E-state index in [0.29, 0.717) is 5.82 Å². The van der Waals surface area contributed by atoms with E-state index < -0.39 is 0 Å². The molecule has 0 atom stereocenters. The number of ether oxygens (including phenoxy) is 1. The zero-order chi connectivity index (χ0) is 19.5. The predicted octanol–water partition coefficient (Wildman–Crippen LogP) is 4.20. The third-order valence-electron chi connectivity index (χ3n) is 4.81. The van der Waals surface area contributed by atoms with Crippen LogP contribution in [0.5, 0.6) is 5.75 Å². The number of hydrogen-bond donors (Lipinski definition) is 2. The maximum atomic E-state index is 12.1. The molecule has 6 heteroatoms. The summed E-state index contributed by atoms with van der Waals surface area (Å²) in [6, 6.07) is 9.75. The van der Waals surface area contributed by atoms with Gasteiger partial charge in [-0.2, -0.15) is 0 Å². The maximum absolute atomic E-state index is 12.1. The SMILES string of the molecule is CNc1ncc(C=Cc2ccc(OC)cc2)c2cc(NC(=O)C3CC3)ncc12. The molecule has 1 aliphatic carbocycles. The zero-order valence-corrected chi connectivity index (χ0v) is 15.9. The normalized spacial score (nSPS) is 13.6. The molecule has 2 N–H and O–H groups in total. The number of pyridine rings is 2. The maximum Gasteiger partial charge on any atom is 0.228 e. The first-order chi connectivity index (χ1) is 13.7. The monoisotopic (exact) mass is 374 g/mol. The summed E-state index contributed by atoms with van der Waals surface area (Å²) in [4.78, 5) is 21.0. The summed E-state index contributed by atoms with van der Waals surface area (Å²) in [6.07, 6.45) is 9.54. The Morgan fingerprint density at radius 2 is 1.89 bits per heavy atom. The standard InChI is InChI=1S/C22H22N4O2/c1-23-21-19-13-24-20(26-22(27)15-7-8-15)11-18(19)16(12-25-21)6-3-14-4-9-17(28-2)10-5-14/h3-6,9-13,15H,7-8H2,1-2H3,(H,23,25)(H,24,26,27). The number of rotatable bonds is 6.